The highest BCUT2D eigenvalue weighted by Crippen LogP contribution is 2.28. The van der Waals surface area contributed by atoms with Crippen LogP contribution in [0.4, 0.5) is 11.4 Å². The molecule has 66 valence electrons. The smallest absolute Gasteiger partial charge is 0.314 e. The van der Waals surface area contributed by atoms with Crippen LogP contribution >= 0.6 is 0 Å². The van der Waals surface area contributed by atoms with Crippen LogP contribution in [0.1, 0.15) is 0 Å². The third kappa shape index (κ3) is 1.10. The molecule has 0 aliphatic heterocycles. The molecule has 2 N–H and O–H groups in total. The number of fused-ring (bicyclic) bond motifs is 1. The number of furan rings is 1. The first-order valence-electron chi connectivity index (χ1n) is 3.59. The van der Waals surface area contributed by atoms with Crippen molar-refractivity contribution in [1.82, 2.24) is 0 Å². The lowest BCUT2D eigenvalue weighted by Crippen LogP contribution is -1.91. The largest absolute Gasteiger partial charge is 0.457 e. The number of non-ortho nitro benzene ring substituents is 1. The van der Waals surface area contributed by atoms with Gasteiger partial charge in [0.2, 0.25) is 5.58 Å². The lowest BCUT2D eigenvalue weighted by Gasteiger charge is -1.94. The van der Waals surface area contributed by atoms with Crippen molar-refractivity contribution in [3.63, 3.8) is 0 Å². The first kappa shape index (κ1) is 7.60. The number of anilines is 1. The molecule has 1 heterocycles. The zero-order valence-corrected chi connectivity index (χ0v) is 6.56. The molecule has 0 radical (unpaired) electrons. The monoisotopic (exact) mass is 178 g/mol. The van der Waals surface area contributed by atoms with Crippen LogP contribution in [0.5, 0.6) is 0 Å². The Kier molecular flexibility index (Phi) is 1.45. The summed E-state index contributed by atoms with van der Waals surface area (Å²) in [5.41, 5.74) is 6.00. The van der Waals surface area contributed by atoms with E-state index in [-0.39, 0.29) is 11.3 Å². The summed E-state index contributed by atoms with van der Waals surface area (Å²) in [4.78, 5) is 10.0. The molecule has 0 unspecified atom stereocenters. The molecule has 2 aromatic rings. The van der Waals surface area contributed by atoms with E-state index in [4.69, 9.17) is 10.2 Å². The standard InChI is InChI=1S/C8H6N2O3/c9-6-3-5-1-2-13-8(5)7(4-6)10(11)12/h1-4H,9H2. The summed E-state index contributed by atoms with van der Waals surface area (Å²) in [6.45, 7) is 0. The van der Waals surface area contributed by atoms with Gasteiger partial charge in [0.1, 0.15) is 0 Å². The van der Waals surface area contributed by atoms with Gasteiger partial charge < -0.3 is 10.2 Å². The van der Waals surface area contributed by atoms with Crippen molar-refractivity contribution < 1.29 is 9.34 Å². The fraction of sp³-hybridized carbons (Fsp3) is 0. The fourth-order valence-electron chi connectivity index (χ4n) is 1.22. The summed E-state index contributed by atoms with van der Waals surface area (Å²) in [7, 11) is 0. The zero-order chi connectivity index (χ0) is 9.42. The van der Waals surface area contributed by atoms with Crippen molar-refractivity contribution in [2.75, 3.05) is 5.73 Å². The van der Waals surface area contributed by atoms with Crippen molar-refractivity contribution in [3.8, 4) is 0 Å². The Morgan fingerprint density at radius 1 is 1.46 bits per heavy atom. The molecule has 0 amide bonds. The van der Waals surface area contributed by atoms with Gasteiger partial charge in [-0.2, -0.15) is 0 Å². The van der Waals surface area contributed by atoms with E-state index in [1.54, 1.807) is 12.1 Å². The first-order valence-corrected chi connectivity index (χ1v) is 3.59. The third-order valence-electron chi connectivity index (χ3n) is 1.75. The van der Waals surface area contributed by atoms with E-state index in [0.717, 1.165) is 0 Å². The van der Waals surface area contributed by atoms with Gasteiger partial charge in [0.05, 0.1) is 11.2 Å². The van der Waals surface area contributed by atoms with Gasteiger partial charge in [-0.15, -0.1) is 0 Å². The quantitative estimate of drug-likeness (QED) is 0.410. The van der Waals surface area contributed by atoms with Crippen LogP contribution in [0.15, 0.2) is 28.9 Å². The van der Waals surface area contributed by atoms with Gasteiger partial charge in [0.25, 0.3) is 0 Å². The van der Waals surface area contributed by atoms with Crippen LogP contribution in [0.25, 0.3) is 11.0 Å². The molecule has 0 aliphatic carbocycles. The molecule has 1 aromatic heterocycles. The topological polar surface area (TPSA) is 82.3 Å². The van der Waals surface area contributed by atoms with Crippen LogP contribution in [0.3, 0.4) is 0 Å². The Bertz CT molecular complexity index is 475. The van der Waals surface area contributed by atoms with Gasteiger partial charge in [-0.25, -0.2) is 0 Å². The summed E-state index contributed by atoms with van der Waals surface area (Å²) in [6, 6.07) is 4.55. The highest BCUT2D eigenvalue weighted by molar-refractivity contribution is 5.88. The molecule has 0 bridgehead atoms. The molecule has 0 atom stereocenters. The second kappa shape index (κ2) is 2.48. The molecule has 0 fully saturated rings. The van der Waals surface area contributed by atoms with E-state index in [0.29, 0.717) is 11.1 Å². The average molecular weight is 178 g/mol. The molecule has 5 heteroatoms. The highest BCUT2D eigenvalue weighted by atomic mass is 16.6. The number of nitro groups is 1. The van der Waals surface area contributed by atoms with Gasteiger partial charge in [-0.1, -0.05) is 0 Å². The number of hydrogen-bond acceptors (Lipinski definition) is 4. The van der Waals surface area contributed by atoms with E-state index >= 15 is 0 Å². The fourth-order valence-corrected chi connectivity index (χ4v) is 1.22. The Balaban J connectivity index is 2.84. The average Bonchev–Trinajstić information content (AvgIpc) is 2.49. The number of benzene rings is 1. The number of hydrogen-bond donors (Lipinski definition) is 1. The minimum atomic E-state index is -0.512. The minimum Gasteiger partial charge on any atom is -0.457 e. The van der Waals surface area contributed by atoms with E-state index in [2.05, 4.69) is 0 Å². The van der Waals surface area contributed by atoms with Crippen LogP contribution in [-0.2, 0) is 0 Å². The van der Waals surface area contributed by atoms with E-state index in [1.165, 1.54) is 12.3 Å². The molecule has 0 saturated carbocycles. The molecule has 5 nitrogen and oxygen atoms in total. The number of nitro benzene ring substituents is 1. The van der Waals surface area contributed by atoms with Crippen molar-refractivity contribution in [2.45, 2.75) is 0 Å². The third-order valence-corrected chi connectivity index (χ3v) is 1.75. The van der Waals surface area contributed by atoms with Crippen molar-refractivity contribution in [3.05, 3.63) is 34.6 Å². The normalized spacial score (nSPS) is 10.5. The maximum atomic E-state index is 10.6. The SMILES string of the molecule is Nc1cc([N+](=O)[O-])c2occc2c1. The molecular weight excluding hydrogens is 172 g/mol. The predicted octanol–water partition coefficient (Wildman–Crippen LogP) is 1.92. The number of nitrogens with zero attached hydrogens (tertiary/aromatic N) is 1. The summed E-state index contributed by atoms with van der Waals surface area (Å²) < 4.78 is 4.97. The van der Waals surface area contributed by atoms with Crippen molar-refractivity contribution in [1.29, 1.82) is 0 Å². The Labute approximate surface area is 72.9 Å². The second-order valence-corrected chi connectivity index (χ2v) is 2.64. The molecule has 13 heavy (non-hydrogen) atoms. The lowest BCUT2D eigenvalue weighted by atomic mass is 10.2. The van der Waals surface area contributed by atoms with Crippen LogP contribution in [-0.4, -0.2) is 4.92 Å². The van der Waals surface area contributed by atoms with E-state index in [1.807, 2.05) is 0 Å². The lowest BCUT2D eigenvalue weighted by molar-refractivity contribution is -0.383. The van der Waals surface area contributed by atoms with Gasteiger partial charge in [-0.3, -0.25) is 10.1 Å². The Morgan fingerprint density at radius 2 is 2.23 bits per heavy atom. The zero-order valence-electron chi connectivity index (χ0n) is 6.56. The van der Waals surface area contributed by atoms with Crippen molar-refractivity contribution >= 4 is 22.3 Å². The van der Waals surface area contributed by atoms with Gasteiger partial charge in [0, 0.05) is 17.1 Å². The predicted molar refractivity (Wildman–Crippen MR) is 47.3 cm³/mol. The second-order valence-electron chi connectivity index (χ2n) is 2.64. The summed E-state index contributed by atoms with van der Waals surface area (Å²) >= 11 is 0. The molecule has 2 rings (SSSR count). The minimum absolute atomic E-state index is 0.0972. The number of rotatable bonds is 1. The summed E-state index contributed by atoms with van der Waals surface area (Å²) in [5, 5.41) is 11.2. The number of nitrogen functional groups attached to an aromatic ring is 1. The maximum absolute atomic E-state index is 10.6. The molecular formula is C8H6N2O3. The highest BCUT2D eigenvalue weighted by Gasteiger charge is 2.15. The maximum Gasteiger partial charge on any atom is 0.314 e. The molecule has 0 saturated heterocycles. The number of nitrogens with two attached hydrogens (primary N) is 1. The van der Waals surface area contributed by atoms with Gasteiger partial charge in [-0.05, 0) is 12.1 Å². The van der Waals surface area contributed by atoms with Crippen molar-refractivity contribution in [2.24, 2.45) is 0 Å². The molecule has 0 aliphatic rings. The van der Waals surface area contributed by atoms with Gasteiger partial charge >= 0.3 is 5.69 Å². The van der Waals surface area contributed by atoms with Crippen LogP contribution in [0.2, 0.25) is 0 Å². The summed E-state index contributed by atoms with van der Waals surface area (Å²) in [6.07, 6.45) is 1.40. The molecule has 1 aromatic carbocycles. The van der Waals surface area contributed by atoms with E-state index in [9.17, 15) is 10.1 Å². The van der Waals surface area contributed by atoms with Crippen LogP contribution < -0.4 is 5.73 Å². The first-order chi connectivity index (χ1) is 6.18. The molecule has 0 spiro atoms. The Morgan fingerprint density at radius 3 is 2.92 bits per heavy atom. The Hall–Kier alpha value is -2.04. The van der Waals surface area contributed by atoms with Crippen LogP contribution in [0, 0.1) is 10.1 Å². The van der Waals surface area contributed by atoms with E-state index < -0.39 is 4.92 Å². The van der Waals surface area contributed by atoms with Gasteiger partial charge in [0.15, 0.2) is 0 Å². The summed E-state index contributed by atoms with van der Waals surface area (Å²) in [5.74, 6) is 0.